The van der Waals surface area contributed by atoms with Gasteiger partial charge in [0, 0.05) is 0 Å². The van der Waals surface area contributed by atoms with Crippen LogP contribution in [0.5, 0.6) is 0 Å². The summed E-state index contributed by atoms with van der Waals surface area (Å²) < 4.78 is 0. The van der Waals surface area contributed by atoms with Crippen molar-refractivity contribution < 1.29 is 9.90 Å². The number of hydrogen-bond donors (Lipinski definition) is 1. The maximum atomic E-state index is 10.7. The van der Waals surface area contributed by atoms with Gasteiger partial charge in [-0.05, 0) is 25.0 Å². The molecule has 0 fully saturated rings. The van der Waals surface area contributed by atoms with E-state index in [1.807, 2.05) is 31.2 Å². The van der Waals surface area contributed by atoms with Gasteiger partial charge in [0.1, 0.15) is 11.6 Å². The lowest BCUT2D eigenvalue weighted by Crippen LogP contribution is -2.00. The molecule has 76 valence electrons. The van der Waals surface area contributed by atoms with E-state index in [0.29, 0.717) is 5.57 Å². The van der Waals surface area contributed by atoms with Crippen LogP contribution in [0.15, 0.2) is 29.8 Å². The molecule has 1 rings (SSSR count). The quantitative estimate of drug-likeness (QED) is 0.590. The molecular formula is C12H11NO2. The maximum Gasteiger partial charge on any atom is 0.346 e. The highest BCUT2D eigenvalue weighted by atomic mass is 16.4. The number of nitrogens with zero attached hydrogens (tertiary/aromatic N) is 1. The lowest BCUT2D eigenvalue weighted by atomic mass is 10.0. The van der Waals surface area contributed by atoms with Crippen molar-refractivity contribution in [3.63, 3.8) is 0 Å². The van der Waals surface area contributed by atoms with E-state index < -0.39 is 5.97 Å². The fourth-order valence-corrected chi connectivity index (χ4v) is 1.24. The Balaban J connectivity index is 3.24. The average Bonchev–Trinajstić information content (AvgIpc) is 2.19. The lowest BCUT2D eigenvalue weighted by Gasteiger charge is -2.03. The zero-order valence-corrected chi connectivity index (χ0v) is 8.61. The van der Waals surface area contributed by atoms with E-state index in [1.165, 1.54) is 0 Å². The number of hydrogen-bond acceptors (Lipinski definition) is 2. The molecule has 0 amide bonds. The predicted octanol–water partition coefficient (Wildman–Crippen LogP) is 2.38. The van der Waals surface area contributed by atoms with E-state index in [2.05, 4.69) is 0 Å². The normalized spacial score (nSPS) is 11.5. The Bertz CT molecular complexity index is 450. The molecule has 0 unspecified atom stereocenters. The minimum atomic E-state index is -1.18. The van der Waals surface area contributed by atoms with Gasteiger partial charge < -0.3 is 5.11 Å². The summed E-state index contributed by atoms with van der Waals surface area (Å²) in [6.45, 7) is 3.59. The first kappa shape index (κ1) is 11.0. The van der Waals surface area contributed by atoms with Crippen molar-refractivity contribution in [2.24, 2.45) is 0 Å². The number of nitriles is 1. The van der Waals surface area contributed by atoms with E-state index >= 15 is 0 Å². The van der Waals surface area contributed by atoms with Crippen LogP contribution < -0.4 is 0 Å². The predicted molar refractivity (Wildman–Crippen MR) is 57.0 cm³/mol. The second kappa shape index (κ2) is 4.43. The molecule has 0 radical (unpaired) electrons. The molecule has 3 nitrogen and oxygen atoms in total. The van der Waals surface area contributed by atoms with Crippen LogP contribution in [0.1, 0.15) is 18.1 Å². The minimum absolute atomic E-state index is 0.209. The van der Waals surface area contributed by atoms with Crippen LogP contribution in [0.3, 0.4) is 0 Å². The fraction of sp³-hybridized carbons (Fsp3) is 0.167. The molecule has 0 atom stereocenters. The van der Waals surface area contributed by atoms with E-state index in [1.54, 1.807) is 13.0 Å². The molecule has 1 N–H and O–H groups in total. The molecule has 1 aromatic rings. The Morgan fingerprint density at radius 1 is 1.33 bits per heavy atom. The number of aliphatic carboxylic acids is 1. The number of rotatable bonds is 2. The summed E-state index contributed by atoms with van der Waals surface area (Å²) in [6, 6.07) is 9.08. The van der Waals surface area contributed by atoms with Gasteiger partial charge in [-0.3, -0.25) is 0 Å². The number of allylic oxidation sites excluding steroid dienone is 1. The molecule has 0 aliphatic carbocycles. The first-order chi connectivity index (χ1) is 7.06. The van der Waals surface area contributed by atoms with Crippen molar-refractivity contribution in [1.29, 1.82) is 5.26 Å². The summed E-state index contributed by atoms with van der Waals surface area (Å²) in [7, 11) is 0. The van der Waals surface area contributed by atoms with Gasteiger partial charge in [-0.15, -0.1) is 0 Å². The van der Waals surface area contributed by atoms with Gasteiger partial charge >= 0.3 is 5.97 Å². The highest BCUT2D eigenvalue weighted by Crippen LogP contribution is 2.18. The van der Waals surface area contributed by atoms with Gasteiger partial charge in [0.2, 0.25) is 0 Å². The second-order valence-corrected chi connectivity index (χ2v) is 3.28. The number of benzene rings is 1. The Morgan fingerprint density at radius 3 is 2.27 bits per heavy atom. The third-order valence-corrected chi connectivity index (χ3v) is 2.19. The molecule has 0 aliphatic rings. The zero-order chi connectivity index (χ0) is 11.4. The van der Waals surface area contributed by atoms with Crippen LogP contribution in [-0.2, 0) is 4.79 Å². The lowest BCUT2D eigenvalue weighted by molar-refractivity contribution is -0.132. The van der Waals surface area contributed by atoms with Crippen LogP contribution in [0.25, 0.3) is 5.57 Å². The average molecular weight is 201 g/mol. The van der Waals surface area contributed by atoms with Gasteiger partial charge in [0.15, 0.2) is 0 Å². The first-order valence-electron chi connectivity index (χ1n) is 4.47. The number of carboxylic acid groups (broad SMARTS) is 1. The van der Waals surface area contributed by atoms with Crippen molar-refractivity contribution in [3.05, 3.63) is 41.0 Å². The highest BCUT2D eigenvalue weighted by Gasteiger charge is 2.11. The number of carboxylic acids is 1. The fourth-order valence-electron chi connectivity index (χ4n) is 1.24. The van der Waals surface area contributed by atoms with Crippen LogP contribution in [0, 0.1) is 18.3 Å². The Kier molecular flexibility index (Phi) is 3.25. The Labute approximate surface area is 88.3 Å². The first-order valence-corrected chi connectivity index (χ1v) is 4.47. The van der Waals surface area contributed by atoms with Crippen molar-refractivity contribution in [2.75, 3.05) is 0 Å². The smallest absolute Gasteiger partial charge is 0.346 e. The van der Waals surface area contributed by atoms with Gasteiger partial charge in [0.25, 0.3) is 0 Å². The molecule has 0 heterocycles. The van der Waals surface area contributed by atoms with E-state index in [4.69, 9.17) is 10.4 Å². The summed E-state index contributed by atoms with van der Waals surface area (Å²) in [5, 5.41) is 17.5. The molecule has 3 heteroatoms. The Morgan fingerprint density at radius 2 is 1.87 bits per heavy atom. The van der Waals surface area contributed by atoms with Gasteiger partial charge in [-0.2, -0.15) is 5.26 Å². The Hall–Kier alpha value is -2.08. The molecule has 0 saturated heterocycles. The monoisotopic (exact) mass is 201 g/mol. The summed E-state index contributed by atoms with van der Waals surface area (Å²) >= 11 is 0. The molecule has 0 aliphatic heterocycles. The summed E-state index contributed by atoms with van der Waals surface area (Å²) in [5.41, 5.74) is 2.14. The maximum absolute atomic E-state index is 10.7. The standard InChI is InChI=1S/C12H11NO2/c1-8-3-5-10(6-4-8)9(2)11(7-13)12(14)15/h3-6H,1-2H3,(H,14,15). The van der Waals surface area contributed by atoms with Gasteiger partial charge in [-0.25, -0.2) is 4.79 Å². The molecular weight excluding hydrogens is 190 g/mol. The minimum Gasteiger partial charge on any atom is -0.477 e. The second-order valence-electron chi connectivity index (χ2n) is 3.28. The molecule has 0 spiro atoms. The molecule has 0 saturated carbocycles. The molecule has 1 aromatic carbocycles. The van der Waals surface area contributed by atoms with E-state index in [0.717, 1.165) is 11.1 Å². The van der Waals surface area contributed by atoms with Crippen molar-refractivity contribution in [3.8, 4) is 6.07 Å². The summed E-state index contributed by atoms with van der Waals surface area (Å²) in [4.78, 5) is 10.7. The van der Waals surface area contributed by atoms with E-state index in [9.17, 15) is 4.79 Å². The van der Waals surface area contributed by atoms with Crippen LogP contribution in [0.4, 0.5) is 0 Å². The molecule has 0 bridgehead atoms. The van der Waals surface area contributed by atoms with Crippen molar-refractivity contribution >= 4 is 11.5 Å². The summed E-state index contributed by atoms with van der Waals surface area (Å²) in [5.74, 6) is -1.18. The van der Waals surface area contributed by atoms with Crippen LogP contribution in [-0.4, -0.2) is 11.1 Å². The number of aryl methyl sites for hydroxylation is 1. The van der Waals surface area contributed by atoms with Crippen molar-refractivity contribution in [1.82, 2.24) is 0 Å². The molecule has 15 heavy (non-hydrogen) atoms. The third-order valence-electron chi connectivity index (χ3n) is 2.19. The summed E-state index contributed by atoms with van der Waals surface area (Å²) in [6.07, 6.45) is 0. The third kappa shape index (κ3) is 2.44. The van der Waals surface area contributed by atoms with Gasteiger partial charge in [0.05, 0.1) is 0 Å². The topological polar surface area (TPSA) is 61.1 Å². The van der Waals surface area contributed by atoms with E-state index in [-0.39, 0.29) is 5.57 Å². The van der Waals surface area contributed by atoms with Crippen LogP contribution in [0.2, 0.25) is 0 Å². The molecule has 0 aromatic heterocycles. The zero-order valence-electron chi connectivity index (χ0n) is 8.61. The largest absolute Gasteiger partial charge is 0.477 e. The number of carbonyl (C=O) groups is 1. The van der Waals surface area contributed by atoms with Crippen molar-refractivity contribution in [2.45, 2.75) is 13.8 Å². The van der Waals surface area contributed by atoms with Crippen LogP contribution >= 0.6 is 0 Å². The SMILES string of the molecule is CC(=C(C#N)C(=O)O)c1ccc(C)cc1. The van der Waals surface area contributed by atoms with Gasteiger partial charge in [-0.1, -0.05) is 29.8 Å². The highest BCUT2D eigenvalue weighted by molar-refractivity contribution is 6.00.